The number of rotatable bonds is 4. The van der Waals surface area contributed by atoms with Gasteiger partial charge < -0.3 is 14.2 Å². The number of para-hydroxylation sites is 1. The molecule has 2 aliphatic rings. The van der Waals surface area contributed by atoms with Gasteiger partial charge >= 0.3 is 0 Å². The summed E-state index contributed by atoms with van der Waals surface area (Å²) >= 11 is 5.93. The zero-order valence-corrected chi connectivity index (χ0v) is 17.8. The third-order valence-corrected chi connectivity index (χ3v) is 6.09. The van der Waals surface area contributed by atoms with E-state index in [4.69, 9.17) is 20.9 Å². The van der Waals surface area contributed by atoms with E-state index in [9.17, 15) is 4.79 Å². The van der Waals surface area contributed by atoms with Gasteiger partial charge in [-0.25, -0.2) is 0 Å². The molecule has 1 fully saturated rings. The van der Waals surface area contributed by atoms with E-state index in [0.717, 1.165) is 36.4 Å². The number of carbonyl (C=O) groups excluding carboxylic acids is 1. The second kappa shape index (κ2) is 8.69. The van der Waals surface area contributed by atoms with Gasteiger partial charge in [-0.1, -0.05) is 35.0 Å². The average molecular weight is 439 g/mol. The maximum atomic E-state index is 13.0. The highest BCUT2D eigenvalue weighted by Crippen LogP contribution is 2.28. The quantitative estimate of drug-likeness (QED) is 0.622. The Morgan fingerprint density at radius 2 is 1.84 bits per heavy atom. The third-order valence-electron chi connectivity index (χ3n) is 5.84. The standard InChI is InChI=1S/C23H23ClN4O3/c24-19-7-5-16(6-8-19)22-25-21(31-26-22)14-27-9-11-28(12-10-27)23(29)18-13-17-3-1-2-4-20(17)30-15-18/h1-8,18H,9-15H2. The lowest BCUT2D eigenvalue weighted by atomic mass is 9.95. The van der Waals surface area contributed by atoms with Crippen LogP contribution in [0.1, 0.15) is 11.5 Å². The molecule has 31 heavy (non-hydrogen) atoms. The van der Waals surface area contributed by atoms with E-state index in [1.807, 2.05) is 41.3 Å². The predicted molar refractivity (Wildman–Crippen MR) is 116 cm³/mol. The van der Waals surface area contributed by atoms with Crippen molar-refractivity contribution >= 4 is 17.5 Å². The Balaban J connectivity index is 1.14. The van der Waals surface area contributed by atoms with Crippen LogP contribution in [-0.2, 0) is 17.8 Å². The summed E-state index contributed by atoms with van der Waals surface area (Å²) in [5.74, 6) is 2.09. The summed E-state index contributed by atoms with van der Waals surface area (Å²) in [6.07, 6.45) is 0.741. The van der Waals surface area contributed by atoms with Gasteiger partial charge in [-0.15, -0.1) is 0 Å². The monoisotopic (exact) mass is 438 g/mol. The van der Waals surface area contributed by atoms with Gasteiger partial charge in [0, 0.05) is 36.8 Å². The van der Waals surface area contributed by atoms with Crippen molar-refractivity contribution < 1.29 is 14.1 Å². The van der Waals surface area contributed by atoms with E-state index in [1.54, 1.807) is 12.1 Å². The van der Waals surface area contributed by atoms with Crippen molar-refractivity contribution in [3.63, 3.8) is 0 Å². The van der Waals surface area contributed by atoms with Gasteiger partial charge in [0.25, 0.3) is 0 Å². The minimum absolute atomic E-state index is 0.112. The number of hydrogen-bond acceptors (Lipinski definition) is 6. The molecule has 1 saturated heterocycles. The summed E-state index contributed by atoms with van der Waals surface area (Å²) in [4.78, 5) is 21.7. The van der Waals surface area contributed by atoms with Crippen molar-refractivity contribution in [1.82, 2.24) is 19.9 Å². The van der Waals surface area contributed by atoms with Crippen LogP contribution in [0.4, 0.5) is 0 Å². The highest BCUT2D eigenvalue weighted by molar-refractivity contribution is 6.30. The number of hydrogen-bond donors (Lipinski definition) is 0. The topological polar surface area (TPSA) is 71.7 Å². The smallest absolute Gasteiger partial charge is 0.241 e. The first-order chi connectivity index (χ1) is 15.2. The molecule has 2 aromatic carbocycles. The Labute approximate surface area is 185 Å². The van der Waals surface area contributed by atoms with Gasteiger partial charge in [0.1, 0.15) is 12.4 Å². The number of fused-ring (bicyclic) bond motifs is 1. The van der Waals surface area contributed by atoms with Crippen LogP contribution in [-0.4, -0.2) is 58.6 Å². The highest BCUT2D eigenvalue weighted by Gasteiger charge is 2.31. The molecule has 0 bridgehead atoms. The van der Waals surface area contributed by atoms with Crippen LogP contribution in [0.3, 0.4) is 0 Å². The van der Waals surface area contributed by atoms with E-state index in [1.165, 1.54) is 0 Å². The summed E-state index contributed by atoms with van der Waals surface area (Å²) < 4.78 is 11.2. The first-order valence-corrected chi connectivity index (χ1v) is 10.8. The fraction of sp³-hybridized carbons (Fsp3) is 0.348. The third kappa shape index (κ3) is 4.43. The second-order valence-electron chi connectivity index (χ2n) is 7.94. The highest BCUT2D eigenvalue weighted by atomic mass is 35.5. The van der Waals surface area contributed by atoms with Crippen LogP contribution in [0.2, 0.25) is 5.02 Å². The van der Waals surface area contributed by atoms with E-state index in [2.05, 4.69) is 15.0 Å². The molecule has 0 radical (unpaired) electrons. The lowest BCUT2D eigenvalue weighted by Crippen LogP contribution is -2.51. The summed E-state index contributed by atoms with van der Waals surface area (Å²) in [6, 6.07) is 15.3. The summed E-state index contributed by atoms with van der Waals surface area (Å²) in [5, 5.41) is 4.74. The minimum atomic E-state index is -0.112. The second-order valence-corrected chi connectivity index (χ2v) is 8.38. The average Bonchev–Trinajstić information content (AvgIpc) is 3.27. The van der Waals surface area contributed by atoms with Crippen molar-refractivity contribution in [2.24, 2.45) is 5.92 Å². The first kappa shape index (κ1) is 20.0. The van der Waals surface area contributed by atoms with Crippen LogP contribution in [0.15, 0.2) is 53.1 Å². The van der Waals surface area contributed by atoms with Crippen LogP contribution >= 0.6 is 11.6 Å². The molecule has 1 aromatic heterocycles. The molecule has 1 atom stereocenters. The maximum Gasteiger partial charge on any atom is 0.241 e. The lowest BCUT2D eigenvalue weighted by molar-refractivity contribution is -0.138. The zero-order valence-electron chi connectivity index (χ0n) is 17.0. The van der Waals surface area contributed by atoms with Gasteiger partial charge in [0.05, 0.1) is 12.5 Å². The van der Waals surface area contributed by atoms with E-state index >= 15 is 0 Å². The largest absolute Gasteiger partial charge is 0.492 e. The normalized spacial score (nSPS) is 19.0. The summed E-state index contributed by atoms with van der Waals surface area (Å²) in [6.45, 7) is 3.95. The molecule has 1 amide bonds. The molecule has 0 aliphatic carbocycles. The SMILES string of the molecule is O=C(C1COc2ccccc2C1)N1CCN(Cc2nc(-c3ccc(Cl)cc3)no2)CC1. The molecule has 3 aromatic rings. The van der Waals surface area contributed by atoms with Crippen molar-refractivity contribution in [3.05, 3.63) is 65.0 Å². The number of benzene rings is 2. The van der Waals surface area contributed by atoms with Crippen molar-refractivity contribution in [2.75, 3.05) is 32.8 Å². The van der Waals surface area contributed by atoms with Gasteiger partial charge in [0.15, 0.2) is 0 Å². The number of piperazine rings is 1. The first-order valence-electron chi connectivity index (χ1n) is 10.5. The molecule has 0 saturated carbocycles. The van der Waals surface area contributed by atoms with Crippen LogP contribution in [0.25, 0.3) is 11.4 Å². The molecule has 3 heterocycles. The fourth-order valence-corrected chi connectivity index (χ4v) is 4.22. The predicted octanol–water partition coefficient (Wildman–Crippen LogP) is 3.29. The molecule has 1 unspecified atom stereocenters. The summed E-state index contributed by atoms with van der Waals surface area (Å²) in [7, 11) is 0. The Morgan fingerprint density at radius 1 is 1.06 bits per heavy atom. The molecular formula is C23H23ClN4O3. The number of aromatic nitrogens is 2. The summed E-state index contributed by atoms with van der Waals surface area (Å²) in [5.41, 5.74) is 1.98. The molecule has 7 nitrogen and oxygen atoms in total. The van der Waals surface area contributed by atoms with Gasteiger partial charge in [0.2, 0.25) is 17.6 Å². The number of halogens is 1. The lowest BCUT2D eigenvalue weighted by Gasteiger charge is -2.36. The molecule has 8 heteroatoms. The zero-order chi connectivity index (χ0) is 21.2. The molecule has 5 rings (SSSR count). The van der Waals surface area contributed by atoms with Crippen LogP contribution in [0.5, 0.6) is 5.75 Å². The van der Waals surface area contributed by atoms with E-state index in [-0.39, 0.29) is 11.8 Å². The van der Waals surface area contributed by atoms with Gasteiger partial charge in [-0.3, -0.25) is 9.69 Å². The number of carbonyl (C=O) groups is 1. The number of amides is 1. The van der Waals surface area contributed by atoms with Crippen LogP contribution in [0, 0.1) is 5.92 Å². The van der Waals surface area contributed by atoms with E-state index < -0.39 is 0 Å². The number of nitrogens with zero attached hydrogens (tertiary/aromatic N) is 4. The Kier molecular flexibility index (Phi) is 5.61. The Bertz CT molecular complexity index is 1060. The van der Waals surface area contributed by atoms with Gasteiger partial charge in [-0.05, 0) is 42.3 Å². The molecule has 160 valence electrons. The van der Waals surface area contributed by atoms with E-state index in [0.29, 0.717) is 43.0 Å². The molecular weight excluding hydrogens is 416 g/mol. The van der Waals surface area contributed by atoms with Crippen molar-refractivity contribution in [3.8, 4) is 17.1 Å². The van der Waals surface area contributed by atoms with Gasteiger partial charge in [-0.2, -0.15) is 4.98 Å². The van der Waals surface area contributed by atoms with Crippen molar-refractivity contribution in [1.29, 1.82) is 0 Å². The fourth-order valence-electron chi connectivity index (χ4n) is 4.10. The molecule has 0 N–H and O–H groups in total. The van der Waals surface area contributed by atoms with Crippen molar-refractivity contribution in [2.45, 2.75) is 13.0 Å². The Hall–Kier alpha value is -2.90. The number of ether oxygens (including phenoxy) is 1. The molecule has 2 aliphatic heterocycles. The minimum Gasteiger partial charge on any atom is -0.492 e. The van der Waals surface area contributed by atoms with Crippen LogP contribution < -0.4 is 4.74 Å². The molecule has 0 spiro atoms. The maximum absolute atomic E-state index is 13.0. The Morgan fingerprint density at radius 3 is 2.65 bits per heavy atom.